The van der Waals surface area contributed by atoms with Crippen molar-refractivity contribution in [2.75, 3.05) is 5.32 Å². The van der Waals surface area contributed by atoms with Crippen LogP contribution in [0.25, 0.3) is 0 Å². The summed E-state index contributed by atoms with van der Waals surface area (Å²) in [4.78, 5) is 41.6. The van der Waals surface area contributed by atoms with Gasteiger partial charge in [-0.05, 0) is 54.9 Å². The van der Waals surface area contributed by atoms with E-state index in [1.54, 1.807) is 0 Å². The van der Waals surface area contributed by atoms with Gasteiger partial charge in [0.05, 0.1) is 5.56 Å². The SMILES string of the molecule is O=C(N[C@H]1CC[C@@H](c2ccccc2)CC1)c1[nH]c(=O)[nH]c(=O)c1NCc1cccc(C(F)(F)F)c1. The molecule has 3 aromatic rings. The number of hydrogen-bond donors (Lipinski definition) is 4. The molecule has 0 radical (unpaired) electrons. The fourth-order valence-corrected chi connectivity index (χ4v) is 4.43. The number of alkyl halides is 3. The molecule has 1 saturated carbocycles. The van der Waals surface area contributed by atoms with Crippen molar-refractivity contribution in [1.82, 2.24) is 15.3 Å². The van der Waals surface area contributed by atoms with Crippen molar-refractivity contribution in [2.24, 2.45) is 0 Å². The summed E-state index contributed by atoms with van der Waals surface area (Å²) in [5.74, 6) is -0.212. The average Bonchev–Trinajstić information content (AvgIpc) is 2.84. The number of H-pyrrole nitrogens is 2. The van der Waals surface area contributed by atoms with Gasteiger partial charge in [0, 0.05) is 12.6 Å². The summed E-state index contributed by atoms with van der Waals surface area (Å²) in [5.41, 5.74) is -1.45. The molecular formula is C25H25F3N4O3. The highest BCUT2D eigenvalue weighted by Crippen LogP contribution is 2.33. The second-order valence-corrected chi connectivity index (χ2v) is 8.64. The third-order valence-corrected chi connectivity index (χ3v) is 6.23. The van der Waals surface area contributed by atoms with Crippen molar-refractivity contribution in [2.45, 2.75) is 50.4 Å². The maximum absolute atomic E-state index is 13.0. The number of carbonyl (C=O) groups excluding carboxylic acids is 1. The molecule has 0 atom stereocenters. The van der Waals surface area contributed by atoms with Gasteiger partial charge in [-0.1, -0.05) is 42.5 Å². The minimum absolute atomic E-state index is 0.124. The molecule has 1 fully saturated rings. The van der Waals surface area contributed by atoms with Gasteiger partial charge in [-0.25, -0.2) is 4.79 Å². The monoisotopic (exact) mass is 486 g/mol. The van der Waals surface area contributed by atoms with Crippen molar-refractivity contribution in [3.8, 4) is 0 Å². The molecule has 184 valence electrons. The second kappa shape index (κ2) is 10.2. The summed E-state index contributed by atoms with van der Waals surface area (Å²) in [6.45, 7) is -0.151. The van der Waals surface area contributed by atoms with Gasteiger partial charge in [-0.3, -0.25) is 14.6 Å². The van der Waals surface area contributed by atoms with Crippen LogP contribution in [0.3, 0.4) is 0 Å². The van der Waals surface area contributed by atoms with E-state index in [4.69, 9.17) is 0 Å². The number of aromatic nitrogens is 2. The first-order chi connectivity index (χ1) is 16.7. The molecule has 0 spiro atoms. The van der Waals surface area contributed by atoms with Crippen LogP contribution >= 0.6 is 0 Å². The van der Waals surface area contributed by atoms with Crippen LogP contribution in [0.1, 0.15) is 58.8 Å². The Hall–Kier alpha value is -3.82. The van der Waals surface area contributed by atoms with E-state index in [1.165, 1.54) is 17.7 Å². The molecule has 1 amide bonds. The second-order valence-electron chi connectivity index (χ2n) is 8.64. The first-order valence-electron chi connectivity index (χ1n) is 11.3. The highest BCUT2D eigenvalue weighted by Gasteiger charge is 2.30. The molecule has 1 aliphatic rings. The van der Waals surface area contributed by atoms with Crippen LogP contribution in [0, 0.1) is 0 Å². The fourth-order valence-electron chi connectivity index (χ4n) is 4.43. The summed E-state index contributed by atoms with van der Waals surface area (Å²) < 4.78 is 39.0. The molecule has 0 aliphatic heterocycles. The number of benzene rings is 2. The minimum atomic E-state index is -4.50. The summed E-state index contributed by atoms with van der Waals surface area (Å²) in [5, 5.41) is 5.59. The van der Waals surface area contributed by atoms with Crippen LogP contribution in [-0.2, 0) is 12.7 Å². The van der Waals surface area contributed by atoms with Gasteiger partial charge in [-0.2, -0.15) is 13.2 Å². The molecule has 4 N–H and O–H groups in total. The Morgan fingerprint density at radius 3 is 2.34 bits per heavy atom. The van der Waals surface area contributed by atoms with Crippen LogP contribution in [0.2, 0.25) is 0 Å². The average molecular weight is 486 g/mol. The van der Waals surface area contributed by atoms with Crippen molar-refractivity contribution in [1.29, 1.82) is 0 Å². The van der Waals surface area contributed by atoms with Gasteiger partial charge in [0.25, 0.3) is 11.5 Å². The molecule has 0 saturated heterocycles. The normalized spacial score (nSPS) is 18.1. The van der Waals surface area contributed by atoms with E-state index in [0.29, 0.717) is 5.92 Å². The summed E-state index contributed by atoms with van der Waals surface area (Å²) in [6.07, 6.45) is -1.24. The van der Waals surface area contributed by atoms with E-state index in [1.807, 2.05) is 23.2 Å². The third kappa shape index (κ3) is 6.00. The zero-order valence-electron chi connectivity index (χ0n) is 18.7. The lowest BCUT2D eigenvalue weighted by Gasteiger charge is -2.29. The van der Waals surface area contributed by atoms with Gasteiger partial charge in [-0.15, -0.1) is 0 Å². The van der Waals surface area contributed by atoms with E-state index in [-0.39, 0.29) is 29.5 Å². The Bertz CT molecular complexity index is 1290. The van der Waals surface area contributed by atoms with Gasteiger partial charge >= 0.3 is 11.9 Å². The molecule has 4 rings (SSSR count). The number of hydrogen-bond acceptors (Lipinski definition) is 4. The molecule has 10 heteroatoms. The van der Waals surface area contributed by atoms with Gasteiger partial charge in [0.1, 0.15) is 11.4 Å². The van der Waals surface area contributed by atoms with Crippen LogP contribution in [-0.4, -0.2) is 21.9 Å². The molecule has 0 unspecified atom stereocenters. The third-order valence-electron chi connectivity index (χ3n) is 6.23. The topological polar surface area (TPSA) is 107 Å². The van der Waals surface area contributed by atoms with E-state index in [2.05, 4.69) is 27.8 Å². The Balaban J connectivity index is 1.45. The first kappa shape index (κ1) is 24.3. The molecule has 1 aromatic heterocycles. The molecule has 35 heavy (non-hydrogen) atoms. The number of anilines is 1. The Kier molecular flexibility index (Phi) is 7.09. The molecule has 2 aromatic carbocycles. The van der Waals surface area contributed by atoms with Crippen molar-refractivity contribution in [3.05, 3.63) is 97.8 Å². The van der Waals surface area contributed by atoms with Gasteiger partial charge < -0.3 is 15.6 Å². The molecular weight excluding hydrogens is 461 g/mol. The van der Waals surface area contributed by atoms with Crippen LogP contribution in [0.4, 0.5) is 18.9 Å². The summed E-state index contributed by atoms with van der Waals surface area (Å²) in [7, 11) is 0. The van der Waals surface area contributed by atoms with Crippen LogP contribution in [0.5, 0.6) is 0 Å². The standard InChI is InChI=1S/C25H25F3N4O3/c26-25(27,28)18-8-4-5-15(13-18)14-29-20-21(31-24(35)32-22(20)33)23(34)30-19-11-9-17(10-12-19)16-6-2-1-3-7-16/h1-8,13,17,19,29H,9-12,14H2,(H,30,34)(H2,31,32,33,35)/t17-,19+. The predicted octanol–water partition coefficient (Wildman–Crippen LogP) is 4.15. The molecule has 1 heterocycles. The first-order valence-corrected chi connectivity index (χ1v) is 11.3. The molecule has 7 nitrogen and oxygen atoms in total. The summed E-state index contributed by atoms with van der Waals surface area (Å²) in [6, 6.07) is 14.7. The number of carbonyl (C=O) groups is 1. The highest BCUT2D eigenvalue weighted by molar-refractivity contribution is 5.97. The van der Waals surface area contributed by atoms with E-state index >= 15 is 0 Å². The zero-order valence-corrected chi connectivity index (χ0v) is 18.7. The largest absolute Gasteiger partial charge is 0.416 e. The highest BCUT2D eigenvalue weighted by atomic mass is 19.4. The number of amides is 1. The van der Waals surface area contributed by atoms with Crippen molar-refractivity contribution in [3.63, 3.8) is 0 Å². The number of halogens is 3. The van der Waals surface area contributed by atoms with E-state index in [0.717, 1.165) is 37.8 Å². The van der Waals surface area contributed by atoms with Crippen molar-refractivity contribution < 1.29 is 18.0 Å². The Morgan fingerprint density at radius 1 is 0.943 bits per heavy atom. The Labute approximate surface area is 198 Å². The smallest absolute Gasteiger partial charge is 0.375 e. The van der Waals surface area contributed by atoms with E-state index < -0.39 is 28.9 Å². The molecule has 1 aliphatic carbocycles. The summed E-state index contributed by atoms with van der Waals surface area (Å²) >= 11 is 0. The lowest BCUT2D eigenvalue weighted by molar-refractivity contribution is -0.137. The number of rotatable bonds is 6. The molecule has 0 bridgehead atoms. The van der Waals surface area contributed by atoms with Gasteiger partial charge in [0.15, 0.2) is 0 Å². The Morgan fingerprint density at radius 2 is 1.66 bits per heavy atom. The quantitative estimate of drug-likeness (QED) is 0.420. The predicted molar refractivity (Wildman–Crippen MR) is 125 cm³/mol. The number of nitrogens with one attached hydrogen (secondary N) is 4. The van der Waals surface area contributed by atoms with E-state index in [9.17, 15) is 27.6 Å². The zero-order chi connectivity index (χ0) is 25.0. The lowest BCUT2D eigenvalue weighted by atomic mass is 9.82. The number of aromatic amines is 2. The van der Waals surface area contributed by atoms with Crippen LogP contribution in [0.15, 0.2) is 64.2 Å². The van der Waals surface area contributed by atoms with Gasteiger partial charge in [0.2, 0.25) is 0 Å². The van der Waals surface area contributed by atoms with Crippen molar-refractivity contribution >= 4 is 11.6 Å². The fraction of sp³-hybridized carbons (Fsp3) is 0.320. The minimum Gasteiger partial charge on any atom is -0.375 e. The maximum atomic E-state index is 13.0. The maximum Gasteiger partial charge on any atom is 0.416 e. The van der Waals surface area contributed by atoms with Crippen LogP contribution < -0.4 is 21.9 Å². The lowest BCUT2D eigenvalue weighted by Crippen LogP contribution is -2.40.